The van der Waals surface area contributed by atoms with Crippen LogP contribution in [0.3, 0.4) is 0 Å². The second-order valence-corrected chi connectivity index (χ2v) is 7.91. The number of aryl methyl sites for hydroxylation is 1. The van der Waals surface area contributed by atoms with Gasteiger partial charge in [0.1, 0.15) is 11.6 Å². The third-order valence-corrected chi connectivity index (χ3v) is 5.94. The number of benzene rings is 2. The Morgan fingerprint density at radius 3 is 2.53 bits per heavy atom. The number of ether oxygens (including phenoxy) is 1. The number of nitrogens with one attached hydrogen (secondary N) is 1. The van der Waals surface area contributed by atoms with Gasteiger partial charge in [-0.15, -0.1) is 0 Å². The van der Waals surface area contributed by atoms with Crippen molar-refractivity contribution in [3.8, 4) is 5.75 Å². The van der Waals surface area contributed by atoms with E-state index in [1.807, 2.05) is 35.2 Å². The van der Waals surface area contributed by atoms with Crippen LogP contribution in [0.4, 0.5) is 5.69 Å². The Morgan fingerprint density at radius 2 is 1.84 bits per heavy atom. The van der Waals surface area contributed by atoms with E-state index < -0.39 is 0 Å². The third kappa shape index (κ3) is 4.45. The first-order chi connectivity index (χ1) is 15.5. The highest BCUT2D eigenvalue weighted by Crippen LogP contribution is 2.24. The zero-order valence-corrected chi connectivity index (χ0v) is 18.8. The van der Waals surface area contributed by atoms with E-state index in [1.165, 1.54) is 0 Å². The highest BCUT2D eigenvalue weighted by Gasteiger charge is 2.21. The van der Waals surface area contributed by atoms with Crippen molar-refractivity contribution >= 4 is 28.5 Å². The summed E-state index contributed by atoms with van der Waals surface area (Å²) in [5, 5.41) is 2.95. The fourth-order valence-electron chi connectivity index (χ4n) is 4.18. The molecule has 2 heterocycles. The lowest BCUT2D eigenvalue weighted by Crippen LogP contribution is -2.47. The molecule has 32 heavy (non-hydrogen) atoms. The van der Waals surface area contributed by atoms with Gasteiger partial charge >= 0.3 is 0 Å². The summed E-state index contributed by atoms with van der Waals surface area (Å²) in [6.07, 6.45) is 0. The van der Waals surface area contributed by atoms with E-state index >= 15 is 0 Å². The molecule has 168 valence electrons. The Kier molecular flexibility index (Phi) is 6.41. The summed E-state index contributed by atoms with van der Waals surface area (Å²) < 4.78 is 7.50. The van der Waals surface area contributed by atoms with Gasteiger partial charge in [-0.05, 0) is 37.3 Å². The molecule has 3 aromatic rings. The summed E-state index contributed by atoms with van der Waals surface area (Å²) in [5.41, 5.74) is 3.07. The lowest BCUT2D eigenvalue weighted by atomic mass is 10.2. The molecule has 1 aliphatic rings. The average molecular weight is 436 g/mol. The monoisotopic (exact) mass is 435 g/mol. The van der Waals surface area contributed by atoms with Crippen LogP contribution in [0, 0.1) is 0 Å². The smallest absolute Gasteiger partial charge is 0.259 e. The Hall–Kier alpha value is -3.39. The molecule has 0 saturated carbocycles. The van der Waals surface area contributed by atoms with Crippen molar-refractivity contribution in [1.29, 1.82) is 0 Å². The fraction of sp³-hybridized carbons (Fsp3) is 0.375. The van der Waals surface area contributed by atoms with Crippen LogP contribution >= 0.6 is 0 Å². The van der Waals surface area contributed by atoms with E-state index in [-0.39, 0.29) is 11.8 Å². The highest BCUT2D eigenvalue weighted by molar-refractivity contribution is 6.06. The van der Waals surface area contributed by atoms with Crippen molar-refractivity contribution in [2.24, 2.45) is 0 Å². The zero-order valence-electron chi connectivity index (χ0n) is 18.8. The molecule has 2 aromatic carbocycles. The van der Waals surface area contributed by atoms with Crippen LogP contribution in [0.1, 0.15) is 30.0 Å². The van der Waals surface area contributed by atoms with Gasteiger partial charge in [-0.1, -0.05) is 12.1 Å². The summed E-state index contributed by atoms with van der Waals surface area (Å²) in [6.45, 7) is 8.45. The van der Waals surface area contributed by atoms with Crippen LogP contribution in [0.25, 0.3) is 11.0 Å². The number of aromatic nitrogens is 2. The maximum Gasteiger partial charge on any atom is 0.259 e. The largest absolute Gasteiger partial charge is 0.496 e. The lowest BCUT2D eigenvalue weighted by molar-refractivity contribution is -0.130. The maximum absolute atomic E-state index is 12.7. The van der Waals surface area contributed by atoms with Gasteiger partial charge in [0.25, 0.3) is 5.91 Å². The normalized spacial score (nSPS) is 14.5. The van der Waals surface area contributed by atoms with Crippen LogP contribution in [0.5, 0.6) is 5.75 Å². The quantitative estimate of drug-likeness (QED) is 0.644. The number of para-hydroxylation sites is 1. The summed E-state index contributed by atoms with van der Waals surface area (Å²) >= 11 is 0. The van der Waals surface area contributed by atoms with Gasteiger partial charge in [0.05, 0.1) is 30.3 Å². The first kappa shape index (κ1) is 21.8. The minimum atomic E-state index is -0.222. The first-order valence-corrected chi connectivity index (χ1v) is 10.9. The maximum atomic E-state index is 12.7. The van der Waals surface area contributed by atoms with Crippen LogP contribution in [0.15, 0.2) is 42.5 Å². The van der Waals surface area contributed by atoms with Crippen LogP contribution < -0.4 is 10.1 Å². The van der Waals surface area contributed by atoms with Gasteiger partial charge in [-0.2, -0.15) is 0 Å². The molecule has 4 rings (SSSR count). The molecule has 2 amide bonds. The topological polar surface area (TPSA) is 79.7 Å². The van der Waals surface area contributed by atoms with Gasteiger partial charge < -0.3 is 19.5 Å². The number of hydrogen-bond acceptors (Lipinski definition) is 5. The molecule has 1 aliphatic heterocycles. The highest BCUT2D eigenvalue weighted by atomic mass is 16.5. The number of imidazole rings is 1. The van der Waals surface area contributed by atoms with Crippen molar-refractivity contribution in [3.63, 3.8) is 0 Å². The predicted molar refractivity (Wildman–Crippen MR) is 124 cm³/mol. The molecule has 0 atom stereocenters. The van der Waals surface area contributed by atoms with Crippen LogP contribution in [0.2, 0.25) is 0 Å². The first-order valence-electron chi connectivity index (χ1n) is 10.9. The van der Waals surface area contributed by atoms with Gasteiger partial charge in [0.15, 0.2) is 0 Å². The summed E-state index contributed by atoms with van der Waals surface area (Å²) in [5.74, 6) is 1.44. The SMILES string of the molecule is CCn1c(CN2CCN(C(C)=O)CC2)nc2cc(NC(=O)c3ccccc3OC)ccc21. The Morgan fingerprint density at radius 1 is 1.09 bits per heavy atom. The fourth-order valence-corrected chi connectivity index (χ4v) is 4.18. The van der Waals surface area contributed by atoms with Gasteiger partial charge in [0, 0.05) is 45.3 Å². The molecule has 8 nitrogen and oxygen atoms in total. The number of methoxy groups -OCH3 is 1. The number of anilines is 1. The molecule has 1 aromatic heterocycles. The van der Waals surface area contributed by atoms with Crippen molar-refractivity contribution in [3.05, 3.63) is 53.9 Å². The van der Waals surface area contributed by atoms with Crippen molar-refractivity contribution in [1.82, 2.24) is 19.4 Å². The summed E-state index contributed by atoms with van der Waals surface area (Å²) in [7, 11) is 1.55. The van der Waals surface area contributed by atoms with E-state index in [2.05, 4.69) is 21.7 Å². The van der Waals surface area contributed by atoms with Crippen molar-refractivity contribution < 1.29 is 14.3 Å². The van der Waals surface area contributed by atoms with Crippen LogP contribution in [-0.2, 0) is 17.9 Å². The van der Waals surface area contributed by atoms with Crippen molar-refractivity contribution in [2.75, 3.05) is 38.6 Å². The molecule has 0 aliphatic carbocycles. The van der Waals surface area contributed by atoms with E-state index in [1.54, 1.807) is 26.2 Å². The second kappa shape index (κ2) is 9.40. The minimum Gasteiger partial charge on any atom is -0.496 e. The van der Waals surface area contributed by atoms with Crippen LogP contribution in [-0.4, -0.2) is 64.5 Å². The number of nitrogens with zero attached hydrogens (tertiary/aromatic N) is 4. The summed E-state index contributed by atoms with van der Waals surface area (Å²) in [4.78, 5) is 33.4. The molecule has 0 bridgehead atoms. The van der Waals surface area contributed by atoms with E-state index in [4.69, 9.17) is 9.72 Å². The average Bonchev–Trinajstić information content (AvgIpc) is 3.15. The molecule has 0 unspecified atom stereocenters. The third-order valence-electron chi connectivity index (χ3n) is 5.94. The molecule has 0 radical (unpaired) electrons. The molecule has 8 heteroatoms. The van der Waals surface area contributed by atoms with E-state index in [0.717, 1.165) is 56.1 Å². The van der Waals surface area contributed by atoms with Gasteiger partial charge in [-0.3, -0.25) is 14.5 Å². The molecular formula is C24H29N5O3. The zero-order chi connectivity index (χ0) is 22.7. The van der Waals surface area contributed by atoms with Gasteiger partial charge in [-0.25, -0.2) is 4.98 Å². The predicted octanol–water partition coefficient (Wildman–Crippen LogP) is 2.98. The number of fused-ring (bicyclic) bond motifs is 1. The molecular weight excluding hydrogens is 406 g/mol. The lowest BCUT2D eigenvalue weighted by Gasteiger charge is -2.33. The molecule has 1 saturated heterocycles. The number of amides is 2. The Balaban J connectivity index is 1.52. The molecule has 0 spiro atoms. The number of carbonyl (C=O) groups excluding carboxylic acids is 2. The van der Waals surface area contributed by atoms with E-state index in [9.17, 15) is 9.59 Å². The van der Waals surface area contributed by atoms with Gasteiger partial charge in [0.2, 0.25) is 5.91 Å². The number of hydrogen-bond donors (Lipinski definition) is 1. The number of carbonyl (C=O) groups is 2. The summed E-state index contributed by atoms with van der Waals surface area (Å²) in [6, 6.07) is 13.0. The Bertz CT molecular complexity index is 1130. The van der Waals surface area contributed by atoms with E-state index in [0.29, 0.717) is 17.0 Å². The molecule has 1 N–H and O–H groups in total. The Labute approximate surface area is 187 Å². The minimum absolute atomic E-state index is 0.133. The standard InChI is InChI=1S/C24H29N5O3/c1-4-29-21-10-9-18(25-24(31)19-7-5-6-8-22(19)32-3)15-20(21)26-23(29)16-27-11-13-28(14-12-27)17(2)30/h5-10,15H,4,11-14,16H2,1-3H3,(H,25,31). The number of piperazine rings is 1. The second-order valence-electron chi connectivity index (χ2n) is 7.91. The molecule has 1 fully saturated rings. The number of rotatable bonds is 6. The van der Waals surface area contributed by atoms with Crippen molar-refractivity contribution in [2.45, 2.75) is 26.9 Å².